The average molecular weight is 353 g/mol. The first-order valence-electron chi connectivity index (χ1n) is 8.11. The van der Waals surface area contributed by atoms with Crippen molar-refractivity contribution >= 4 is 29.1 Å². The van der Waals surface area contributed by atoms with Crippen LogP contribution in [0.1, 0.15) is 40.5 Å². The van der Waals surface area contributed by atoms with E-state index in [0.29, 0.717) is 16.8 Å². The minimum atomic E-state index is -0.635. The highest BCUT2D eigenvalue weighted by Crippen LogP contribution is 2.15. The van der Waals surface area contributed by atoms with Crippen LogP contribution in [0.4, 0.5) is 5.69 Å². The maximum absolute atomic E-state index is 11.9. The molecule has 0 bridgehead atoms. The lowest BCUT2D eigenvalue weighted by Gasteiger charge is -2.09. The third-order valence-corrected chi connectivity index (χ3v) is 3.60. The third kappa shape index (κ3) is 5.66. The molecule has 0 atom stereocenters. The second-order valence-electron chi connectivity index (χ2n) is 5.60. The summed E-state index contributed by atoms with van der Waals surface area (Å²) in [7, 11) is 0. The smallest absolute Gasteiger partial charge is 0.306 e. The maximum atomic E-state index is 11.9. The Morgan fingerprint density at radius 1 is 0.885 bits per heavy atom. The van der Waals surface area contributed by atoms with Gasteiger partial charge in [-0.25, -0.2) is 0 Å². The molecule has 2 aromatic rings. The number of ketones is 2. The molecular formula is C20H19NO5. The van der Waals surface area contributed by atoms with Crippen LogP contribution in [0.5, 0.6) is 0 Å². The molecule has 0 saturated heterocycles. The van der Waals surface area contributed by atoms with Gasteiger partial charge in [-0.05, 0) is 19.1 Å². The Morgan fingerprint density at radius 2 is 1.54 bits per heavy atom. The molecule has 2 rings (SSSR count). The number of Topliss-reactive ketones (excluding diaryl/α,β-unsaturated/α-hetero) is 2. The summed E-state index contributed by atoms with van der Waals surface area (Å²) in [6.45, 7) is 0.916. The molecule has 1 amide bonds. The van der Waals surface area contributed by atoms with E-state index in [4.69, 9.17) is 4.74 Å². The van der Waals surface area contributed by atoms with Crippen LogP contribution in [0.15, 0.2) is 54.6 Å². The molecule has 134 valence electrons. The molecule has 0 heterocycles. The van der Waals surface area contributed by atoms with Gasteiger partial charge in [0.1, 0.15) is 0 Å². The van der Waals surface area contributed by atoms with E-state index in [9.17, 15) is 19.2 Å². The predicted octanol–water partition coefficient (Wildman–Crippen LogP) is 3.03. The molecule has 2 aromatic carbocycles. The summed E-state index contributed by atoms with van der Waals surface area (Å²) >= 11 is 0. The van der Waals surface area contributed by atoms with Crippen molar-refractivity contribution in [3.05, 3.63) is 65.7 Å². The zero-order valence-electron chi connectivity index (χ0n) is 14.4. The molecule has 0 fully saturated rings. The highest BCUT2D eigenvalue weighted by atomic mass is 16.5. The first kappa shape index (κ1) is 19.1. The summed E-state index contributed by atoms with van der Waals surface area (Å²) in [6.07, 6.45) is -0.0946. The molecule has 26 heavy (non-hydrogen) atoms. The third-order valence-electron chi connectivity index (χ3n) is 3.60. The zero-order valence-corrected chi connectivity index (χ0v) is 14.4. The fraction of sp³-hybridized carbons (Fsp3) is 0.200. The SMILES string of the molecule is CC(=O)c1ccccc1NC(=O)COC(=O)CCC(=O)c1ccccc1. The quantitative estimate of drug-likeness (QED) is 0.582. The molecule has 6 nitrogen and oxygen atoms in total. The number of carbonyl (C=O) groups is 4. The van der Waals surface area contributed by atoms with Crippen LogP contribution < -0.4 is 5.32 Å². The van der Waals surface area contributed by atoms with Gasteiger partial charge in [0.2, 0.25) is 0 Å². The molecule has 0 saturated carbocycles. The molecule has 0 aromatic heterocycles. The van der Waals surface area contributed by atoms with E-state index < -0.39 is 18.5 Å². The molecule has 0 unspecified atom stereocenters. The monoisotopic (exact) mass is 353 g/mol. The fourth-order valence-electron chi connectivity index (χ4n) is 2.29. The summed E-state index contributed by atoms with van der Waals surface area (Å²) in [5, 5.41) is 2.53. The van der Waals surface area contributed by atoms with Crippen molar-refractivity contribution in [3.63, 3.8) is 0 Å². The van der Waals surface area contributed by atoms with Crippen molar-refractivity contribution in [2.45, 2.75) is 19.8 Å². The highest BCUT2D eigenvalue weighted by molar-refractivity contribution is 6.04. The van der Waals surface area contributed by atoms with Gasteiger partial charge in [0.05, 0.1) is 12.1 Å². The van der Waals surface area contributed by atoms with Crippen molar-refractivity contribution in [1.82, 2.24) is 0 Å². The molecular weight excluding hydrogens is 334 g/mol. The maximum Gasteiger partial charge on any atom is 0.306 e. The van der Waals surface area contributed by atoms with Gasteiger partial charge >= 0.3 is 5.97 Å². The van der Waals surface area contributed by atoms with Gasteiger partial charge in [0, 0.05) is 17.5 Å². The first-order chi connectivity index (χ1) is 12.5. The molecule has 0 radical (unpaired) electrons. The molecule has 0 spiro atoms. The van der Waals surface area contributed by atoms with Crippen LogP contribution in [0.2, 0.25) is 0 Å². The number of para-hydroxylation sites is 1. The molecule has 1 N–H and O–H groups in total. The lowest BCUT2D eigenvalue weighted by Crippen LogP contribution is -2.22. The van der Waals surface area contributed by atoms with Crippen LogP contribution in [0, 0.1) is 0 Å². The summed E-state index contributed by atoms with van der Waals surface area (Å²) in [6, 6.07) is 15.2. The number of ether oxygens (including phenoxy) is 1. The van der Waals surface area contributed by atoms with Gasteiger partial charge in [-0.1, -0.05) is 42.5 Å². The zero-order chi connectivity index (χ0) is 18.9. The summed E-state index contributed by atoms with van der Waals surface area (Å²) in [5.74, 6) is -1.54. The van der Waals surface area contributed by atoms with E-state index in [1.807, 2.05) is 0 Å². The lowest BCUT2D eigenvalue weighted by atomic mass is 10.1. The predicted molar refractivity (Wildman–Crippen MR) is 96.0 cm³/mol. The van der Waals surface area contributed by atoms with Crippen molar-refractivity contribution in [2.75, 3.05) is 11.9 Å². The largest absolute Gasteiger partial charge is 0.456 e. The number of amides is 1. The first-order valence-corrected chi connectivity index (χ1v) is 8.11. The number of hydrogen-bond acceptors (Lipinski definition) is 5. The van der Waals surface area contributed by atoms with Crippen LogP contribution in [-0.2, 0) is 14.3 Å². The molecule has 6 heteroatoms. The topological polar surface area (TPSA) is 89.5 Å². The minimum Gasteiger partial charge on any atom is -0.456 e. The van der Waals surface area contributed by atoms with E-state index in [1.54, 1.807) is 54.6 Å². The van der Waals surface area contributed by atoms with E-state index in [1.165, 1.54) is 6.92 Å². The van der Waals surface area contributed by atoms with E-state index in [0.717, 1.165) is 0 Å². The van der Waals surface area contributed by atoms with E-state index in [-0.39, 0.29) is 24.4 Å². The summed E-state index contributed by atoms with van der Waals surface area (Å²) < 4.78 is 4.87. The Hall–Kier alpha value is -3.28. The summed E-state index contributed by atoms with van der Waals surface area (Å²) in [5.41, 5.74) is 1.26. The molecule has 0 aliphatic heterocycles. The fourth-order valence-corrected chi connectivity index (χ4v) is 2.29. The van der Waals surface area contributed by atoms with Gasteiger partial charge in [0.15, 0.2) is 18.2 Å². The van der Waals surface area contributed by atoms with Gasteiger partial charge in [0.25, 0.3) is 5.91 Å². The van der Waals surface area contributed by atoms with Crippen LogP contribution in [-0.4, -0.2) is 30.0 Å². The van der Waals surface area contributed by atoms with Gasteiger partial charge < -0.3 is 10.1 Å². The second kappa shape index (κ2) is 9.27. The van der Waals surface area contributed by atoms with Crippen molar-refractivity contribution in [1.29, 1.82) is 0 Å². The highest BCUT2D eigenvalue weighted by Gasteiger charge is 2.13. The van der Waals surface area contributed by atoms with Crippen LogP contribution in [0.3, 0.4) is 0 Å². The Labute approximate surface area is 151 Å². The van der Waals surface area contributed by atoms with Crippen molar-refractivity contribution < 1.29 is 23.9 Å². The van der Waals surface area contributed by atoms with Gasteiger partial charge in [-0.2, -0.15) is 0 Å². The Morgan fingerprint density at radius 3 is 2.23 bits per heavy atom. The number of benzene rings is 2. The van der Waals surface area contributed by atoms with Crippen molar-refractivity contribution in [3.8, 4) is 0 Å². The number of carbonyl (C=O) groups excluding carboxylic acids is 4. The number of rotatable bonds is 8. The van der Waals surface area contributed by atoms with E-state index >= 15 is 0 Å². The molecule has 0 aliphatic rings. The standard InChI is InChI=1S/C20H19NO5/c1-14(22)16-9-5-6-10-17(16)21-19(24)13-26-20(25)12-11-18(23)15-7-3-2-4-8-15/h2-10H,11-13H2,1H3,(H,21,24). The number of nitrogens with one attached hydrogen (secondary N) is 1. The Kier molecular flexibility index (Phi) is 6.79. The van der Waals surface area contributed by atoms with Crippen LogP contribution >= 0.6 is 0 Å². The van der Waals surface area contributed by atoms with Gasteiger partial charge in [-0.15, -0.1) is 0 Å². The number of esters is 1. The van der Waals surface area contributed by atoms with Crippen molar-refractivity contribution in [2.24, 2.45) is 0 Å². The Bertz CT molecular complexity index is 814. The average Bonchev–Trinajstić information content (AvgIpc) is 2.65. The Balaban J connectivity index is 1.78. The van der Waals surface area contributed by atoms with Gasteiger partial charge in [-0.3, -0.25) is 19.2 Å². The minimum absolute atomic E-state index is 0.0115. The molecule has 0 aliphatic carbocycles. The second-order valence-corrected chi connectivity index (χ2v) is 5.60. The van der Waals surface area contributed by atoms with E-state index in [2.05, 4.69) is 5.32 Å². The number of anilines is 1. The number of hydrogen-bond donors (Lipinski definition) is 1. The van der Waals surface area contributed by atoms with Crippen LogP contribution in [0.25, 0.3) is 0 Å². The summed E-state index contributed by atoms with van der Waals surface area (Å²) in [4.78, 5) is 47.0. The normalized spacial score (nSPS) is 10.0. The lowest BCUT2D eigenvalue weighted by molar-refractivity contribution is -0.147.